The van der Waals surface area contributed by atoms with E-state index in [2.05, 4.69) is 6.92 Å². The van der Waals surface area contributed by atoms with Crippen molar-refractivity contribution in [2.75, 3.05) is 6.61 Å². The van der Waals surface area contributed by atoms with E-state index in [9.17, 15) is 18.4 Å². The van der Waals surface area contributed by atoms with E-state index >= 15 is 0 Å². The van der Waals surface area contributed by atoms with Crippen molar-refractivity contribution in [3.8, 4) is 22.6 Å². The number of benzene rings is 3. The van der Waals surface area contributed by atoms with E-state index in [1.165, 1.54) is 37.3 Å². The van der Waals surface area contributed by atoms with Crippen LogP contribution in [-0.4, -0.2) is 18.9 Å². The Morgan fingerprint density at radius 3 is 2.42 bits per heavy atom. The van der Waals surface area contributed by atoms with Crippen LogP contribution < -0.4 is 9.47 Å². The lowest BCUT2D eigenvalue weighted by Gasteiger charge is -2.11. The van der Waals surface area contributed by atoms with Crippen LogP contribution >= 0.6 is 0 Å². The number of hydrogen-bond acceptors (Lipinski definition) is 4. The second-order valence-corrected chi connectivity index (χ2v) is 7.04. The van der Waals surface area contributed by atoms with Gasteiger partial charge in [0.2, 0.25) is 0 Å². The summed E-state index contributed by atoms with van der Waals surface area (Å²) in [7, 11) is 0. The molecule has 0 spiro atoms. The van der Waals surface area contributed by atoms with Crippen LogP contribution in [0.5, 0.6) is 11.5 Å². The van der Waals surface area contributed by atoms with Crippen LogP contribution in [0.15, 0.2) is 54.6 Å². The second kappa shape index (κ2) is 9.98. The number of ether oxygens (including phenoxy) is 2. The molecule has 0 fully saturated rings. The topological polar surface area (TPSA) is 52.6 Å². The third kappa shape index (κ3) is 5.15. The third-order valence-corrected chi connectivity index (χ3v) is 4.78. The Hall–Kier alpha value is -3.54. The predicted octanol–water partition coefficient (Wildman–Crippen LogP) is 6.15. The molecule has 0 N–H and O–H groups in total. The molecule has 0 aromatic heterocycles. The van der Waals surface area contributed by atoms with Crippen LogP contribution in [0.1, 0.15) is 46.0 Å². The molecular weight excluding hydrogens is 402 g/mol. The summed E-state index contributed by atoms with van der Waals surface area (Å²) in [5.41, 5.74) is 0.833. The van der Waals surface area contributed by atoms with E-state index in [-0.39, 0.29) is 28.0 Å². The zero-order valence-corrected chi connectivity index (χ0v) is 17.3. The summed E-state index contributed by atoms with van der Waals surface area (Å²) in [6.07, 6.45) is 2.46. The highest BCUT2D eigenvalue weighted by atomic mass is 19.2. The molecule has 0 atom stereocenters. The molecule has 31 heavy (non-hydrogen) atoms. The van der Waals surface area contributed by atoms with Crippen LogP contribution in [0.25, 0.3) is 11.1 Å². The number of rotatable bonds is 8. The summed E-state index contributed by atoms with van der Waals surface area (Å²) in [6, 6.07) is 13.6. The number of aldehydes is 1. The van der Waals surface area contributed by atoms with Crippen molar-refractivity contribution >= 4 is 12.3 Å². The van der Waals surface area contributed by atoms with Gasteiger partial charge in [0.05, 0.1) is 17.7 Å². The van der Waals surface area contributed by atoms with Crippen LogP contribution in [0.4, 0.5) is 8.78 Å². The molecular formula is C25H22F2O4. The number of hydrogen-bond donors (Lipinski definition) is 0. The molecule has 6 heteroatoms. The van der Waals surface area contributed by atoms with E-state index in [1.54, 1.807) is 24.3 Å². The minimum atomic E-state index is -0.997. The molecule has 0 bridgehead atoms. The van der Waals surface area contributed by atoms with Gasteiger partial charge in [0.1, 0.15) is 11.5 Å². The first-order valence-electron chi connectivity index (χ1n) is 9.93. The van der Waals surface area contributed by atoms with Gasteiger partial charge in [-0.25, -0.2) is 13.6 Å². The van der Waals surface area contributed by atoms with Gasteiger partial charge in [-0.2, -0.15) is 0 Å². The largest absolute Gasteiger partial charge is 0.494 e. The Morgan fingerprint density at radius 2 is 1.74 bits per heavy atom. The Labute approximate surface area is 179 Å². The number of esters is 1. The third-order valence-electron chi connectivity index (χ3n) is 4.78. The van der Waals surface area contributed by atoms with Crippen LogP contribution in [0.2, 0.25) is 0 Å². The smallest absolute Gasteiger partial charge is 0.343 e. The van der Waals surface area contributed by atoms with Crippen LogP contribution in [-0.2, 0) is 0 Å². The second-order valence-electron chi connectivity index (χ2n) is 7.04. The SMILES string of the molecule is CCCCOc1ccc(C(=O)Oc2ccc(-c3ccc(C)c(F)c3F)cc2C=O)cc1. The first-order chi connectivity index (χ1) is 14.9. The first-order valence-corrected chi connectivity index (χ1v) is 9.93. The van der Waals surface area contributed by atoms with Crippen molar-refractivity contribution in [2.24, 2.45) is 0 Å². The molecule has 0 aliphatic carbocycles. The zero-order valence-electron chi connectivity index (χ0n) is 17.3. The molecule has 3 aromatic carbocycles. The lowest BCUT2D eigenvalue weighted by molar-refractivity contribution is 0.0733. The molecule has 4 nitrogen and oxygen atoms in total. The molecule has 0 radical (unpaired) electrons. The predicted molar refractivity (Wildman–Crippen MR) is 114 cm³/mol. The lowest BCUT2D eigenvalue weighted by Crippen LogP contribution is -2.10. The average molecular weight is 424 g/mol. The number of unbranched alkanes of at least 4 members (excludes halogenated alkanes) is 1. The standard InChI is InChI=1S/C25H22F2O4/c1-3-4-13-30-20-9-6-17(7-10-20)25(29)31-22-12-8-18(14-19(22)15-28)21-11-5-16(2)23(26)24(21)27/h5-12,14-15H,3-4,13H2,1-2H3. The Morgan fingerprint density at radius 1 is 1.00 bits per heavy atom. The quantitative estimate of drug-likeness (QED) is 0.188. The minimum Gasteiger partial charge on any atom is -0.494 e. The normalized spacial score (nSPS) is 10.6. The van der Waals surface area contributed by atoms with E-state index in [1.807, 2.05) is 0 Å². The van der Waals surface area contributed by atoms with Crippen molar-refractivity contribution in [1.29, 1.82) is 0 Å². The minimum absolute atomic E-state index is 0.0164. The zero-order chi connectivity index (χ0) is 22.4. The number of carbonyl (C=O) groups excluding carboxylic acids is 2. The van der Waals surface area contributed by atoms with Crippen molar-refractivity contribution in [3.63, 3.8) is 0 Å². The maximum atomic E-state index is 14.3. The van der Waals surface area contributed by atoms with E-state index in [4.69, 9.17) is 9.47 Å². The number of aryl methyl sites for hydroxylation is 1. The van der Waals surface area contributed by atoms with Gasteiger partial charge in [-0.3, -0.25) is 4.79 Å². The molecule has 0 amide bonds. The van der Waals surface area contributed by atoms with Gasteiger partial charge in [-0.05, 0) is 60.9 Å². The van der Waals surface area contributed by atoms with Crippen molar-refractivity contribution in [1.82, 2.24) is 0 Å². The van der Waals surface area contributed by atoms with Crippen molar-refractivity contribution < 1.29 is 27.8 Å². The summed E-state index contributed by atoms with van der Waals surface area (Å²) in [5.74, 6) is -1.91. The Kier molecular flexibility index (Phi) is 7.13. The fourth-order valence-electron chi connectivity index (χ4n) is 2.95. The summed E-state index contributed by atoms with van der Waals surface area (Å²) < 4.78 is 39.1. The molecule has 160 valence electrons. The van der Waals surface area contributed by atoms with Gasteiger partial charge in [0.15, 0.2) is 17.9 Å². The van der Waals surface area contributed by atoms with Gasteiger partial charge >= 0.3 is 5.97 Å². The highest BCUT2D eigenvalue weighted by molar-refractivity contribution is 5.93. The lowest BCUT2D eigenvalue weighted by atomic mass is 10.0. The Bertz CT molecular complexity index is 1090. The van der Waals surface area contributed by atoms with Crippen LogP contribution in [0, 0.1) is 18.6 Å². The van der Waals surface area contributed by atoms with Gasteiger partial charge in [-0.1, -0.05) is 31.5 Å². The van der Waals surface area contributed by atoms with E-state index in [0.717, 1.165) is 12.8 Å². The summed E-state index contributed by atoms with van der Waals surface area (Å²) in [5, 5.41) is 0. The number of halogens is 2. The van der Waals surface area contributed by atoms with Gasteiger partial charge in [-0.15, -0.1) is 0 Å². The maximum Gasteiger partial charge on any atom is 0.343 e. The summed E-state index contributed by atoms with van der Waals surface area (Å²) in [6.45, 7) is 4.13. The fourth-order valence-corrected chi connectivity index (χ4v) is 2.95. The monoisotopic (exact) mass is 424 g/mol. The molecule has 3 rings (SSSR count). The van der Waals surface area contributed by atoms with E-state index in [0.29, 0.717) is 24.2 Å². The van der Waals surface area contributed by atoms with Crippen molar-refractivity contribution in [2.45, 2.75) is 26.7 Å². The van der Waals surface area contributed by atoms with E-state index < -0.39 is 17.6 Å². The molecule has 3 aromatic rings. The molecule has 0 saturated heterocycles. The van der Waals surface area contributed by atoms with Gasteiger partial charge < -0.3 is 9.47 Å². The Balaban J connectivity index is 1.78. The molecule has 0 unspecified atom stereocenters. The van der Waals surface area contributed by atoms with Gasteiger partial charge in [0, 0.05) is 5.56 Å². The highest BCUT2D eigenvalue weighted by Crippen LogP contribution is 2.30. The molecule has 0 saturated carbocycles. The summed E-state index contributed by atoms with van der Waals surface area (Å²) >= 11 is 0. The fraction of sp³-hybridized carbons (Fsp3) is 0.200. The maximum absolute atomic E-state index is 14.3. The van der Waals surface area contributed by atoms with Gasteiger partial charge in [0.25, 0.3) is 0 Å². The molecule has 0 aliphatic heterocycles. The average Bonchev–Trinajstić information content (AvgIpc) is 2.78. The first kappa shape index (κ1) is 22.2. The van der Waals surface area contributed by atoms with Crippen molar-refractivity contribution in [3.05, 3.63) is 82.9 Å². The highest BCUT2D eigenvalue weighted by Gasteiger charge is 2.16. The summed E-state index contributed by atoms with van der Waals surface area (Å²) in [4.78, 5) is 24.0. The molecule has 0 aliphatic rings. The van der Waals surface area contributed by atoms with Crippen LogP contribution in [0.3, 0.4) is 0 Å². The molecule has 0 heterocycles. The number of carbonyl (C=O) groups is 2.